The molecule has 0 radical (unpaired) electrons. The number of rotatable bonds is 4. The number of thiophene rings is 1. The minimum absolute atomic E-state index is 0.441. The molecule has 0 aliphatic rings. The first-order valence-corrected chi connectivity index (χ1v) is 9.22. The van der Waals surface area contributed by atoms with Crippen LogP contribution in [0.1, 0.15) is 31.1 Å². The van der Waals surface area contributed by atoms with Crippen molar-refractivity contribution < 1.29 is 42.1 Å². The van der Waals surface area contributed by atoms with Gasteiger partial charge >= 0.3 is 5.51 Å². The summed E-state index contributed by atoms with van der Waals surface area (Å²) >= 11 is 0. The Morgan fingerprint density at radius 1 is 1.04 bits per heavy atom. The molecule has 0 saturated carbocycles. The van der Waals surface area contributed by atoms with Gasteiger partial charge in [-0.05, 0) is 18.6 Å². The summed E-state index contributed by atoms with van der Waals surface area (Å²) in [5.41, 5.74) is -4.15. The molecule has 23 heavy (non-hydrogen) atoms. The lowest BCUT2D eigenvalue weighted by Gasteiger charge is -2.17. The molecule has 1 aromatic heterocycles. The quantitative estimate of drug-likeness (QED) is 0.592. The van der Waals surface area contributed by atoms with Gasteiger partial charge in [-0.1, -0.05) is 31.9 Å². The van der Waals surface area contributed by atoms with Gasteiger partial charge in [0.05, 0.1) is 10.5 Å². The van der Waals surface area contributed by atoms with Gasteiger partial charge in [-0.25, -0.2) is 18.6 Å². The van der Waals surface area contributed by atoms with E-state index >= 15 is 0 Å². The largest absolute Gasteiger partial charge is 0.600 e. The van der Waals surface area contributed by atoms with E-state index in [4.69, 9.17) is 18.6 Å². The SMILES string of the molecule is CCCCCc1cc2ccccc2[s+]1C(F)(F)F.[O-][Cl+3]([O-])([O-])[O-]. The summed E-state index contributed by atoms with van der Waals surface area (Å²) < 4.78 is 73.9. The summed E-state index contributed by atoms with van der Waals surface area (Å²) in [4.78, 5) is 0.553. The molecule has 0 amide bonds. The van der Waals surface area contributed by atoms with Crippen molar-refractivity contribution in [2.75, 3.05) is 0 Å². The lowest BCUT2D eigenvalue weighted by Crippen LogP contribution is -2.68. The van der Waals surface area contributed by atoms with Crippen LogP contribution in [0.3, 0.4) is 0 Å². The molecule has 0 aliphatic heterocycles. The van der Waals surface area contributed by atoms with E-state index in [-0.39, 0.29) is 0 Å². The molecule has 0 aliphatic carbocycles. The molecule has 1 atom stereocenters. The third-order valence-electron chi connectivity index (χ3n) is 2.98. The molecule has 0 spiro atoms. The van der Waals surface area contributed by atoms with Gasteiger partial charge in [-0.15, -0.1) is 23.4 Å². The Morgan fingerprint density at radius 3 is 2.13 bits per heavy atom. The zero-order valence-corrected chi connectivity index (χ0v) is 13.8. The number of benzene rings is 1. The molecule has 0 N–H and O–H groups in total. The number of aryl methyl sites for hydroxylation is 1. The maximum absolute atomic E-state index is 13.2. The van der Waals surface area contributed by atoms with Crippen molar-refractivity contribution in [2.45, 2.75) is 38.1 Å². The fourth-order valence-corrected chi connectivity index (χ4v) is 4.16. The van der Waals surface area contributed by atoms with Crippen LogP contribution in [0.15, 0.2) is 30.3 Å². The van der Waals surface area contributed by atoms with E-state index in [0.29, 0.717) is 16.0 Å². The van der Waals surface area contributed by atoms with Crippen molar-refractivity contribution >= 4 is 20.6 Å². The topological polar surface area (TPSA) is 92.2 Å². The van der Waals surface area contributed by atoms with Crippen LogP contribution in [0.2, 0.25) is 0 Å². The highest BCUT2D eigenvalue weighted by molar-refractivity contribution is 7.38. The van der Waals surface area contributed by atoms with Crippen molar-refractivity contribution in [3.8, 4) is 0 Å². The second-order valence-electron chi connectivity index (χ2n) is 4.74. The number of hydrogen-bond acceptors (Lipinski definition) is 4. The predicted molar refractivity (Wildman–Crippen MR) is 71.0 cm³/mol. The highest BCUT2D eigenvalue weighted by atomic mass is 35.7. The number of alkyl halides is 3. The van der Waals surface area contributed by atoms with Gasteiger partial charge in [-0.3, -0.25) is 0 Å². The molecule has 9 heteroatoms. The molecule has 1 heterocycles. The molecular formula is C14H16ClF3O4S. The standard InChI is InChI=1S/C14H16F3S.ClHO4/c1-2-3-4-8-12-10-11-7-5-6-9-13(11)18(12)14(15,16)17;2-1(3,4)5/h5-7,9-10H,2-4,8H2,1H3;(H,2,3,4,5)/q+1;/p-1. The highest BCUT2D eigenvalue weighted by Crippen LogP contribution is 2.51. The molecule has 1 unspecified atom stereocenters. The summed E-state index contributed by atoms with van der Waals surface area (Å²) in [6.07, 6.45) is 3.42. The first-order chi connectivity index (χ1) is 10.5. The Balaban J connectivity index is 0.000000463. The zero-order chi connectivity index (χ0) is 17.7. The molecule has 1 aromatic carbocycles. The van der Waals surface area contributed by atoms with Crippen LogP contribution in [0.5, 0.6) is 0 Å². The number of unbranched alkanes of at least 4 members (excludes halogenated alkanes) is 2. The molecule has 2 aromatic rings. The van der Waals surface area contributed by atoms with Crippen LogP contribution in [-0.2, 0) is 11.9 Å². The lowest BCUT2D eigenvalue weighted by atomic mass is 10.1. The van der Waals surface area contributed by atoms with E-state index in [1.54, 1.807) is 30.3 Å². The molecule has 2 rings (SSSR count). The van der Waals surface area contributed by atoms with E-state index in [1.165, 1.54) is 0 Å². The van der Waals surface area contributed by atoms with Gasteiger partial charge in [-0.2, -0.15) is 0 Å². The minimum atomic E-state index is -4.94. The van der Waals surface area contributed by atoms with Crippen LogP contribution >= 0.6 is 10.5 Å². The molecule has 0 bridgehead atoms. The van der Waals surface area contributed by atoms with Crippen molar-refractivity contribution in [3.05, 3.63) is 35.2 Å². The van der Waals surface area contributed by atoms with E-state index in [9.17, 15) is 13.2 Å². The number of halogens is 4. The Labute approximate surface area is 136 Å². The van der Waals surface area contributed by atoms with Crippen molar-refractivity contribution in [1.82, 2.24) is 0 Å². The van der Waals surface area contributed by atoms with Gasteiger partial charge in [0.15, 0.2) is 9.58 Å². The van der Waals surface area contributed by atoms with Crippen LogP contribution in [0.25, 0.3) is 10.1 Å². The minimum Gasteiger partial charge on any atom is -0.222 e. The lowest BCUT2D eigenvalue weighted by molar-refractivity contribution is -2.00. The molecule has 4 nitrogen and oxygen atoms in total. The van der Waals surface area contributed by atoms with E-state index in [2.05, 4.69) is 6.92 Å². The summed E-state index contributed by atoms with van der Waals surface area (Å²) in [5, 5.41) is 0.740. The van der Waals surface area contributed by atoms with Gasteiger partial charge in [0.1, 0.15) is 0 Å². The predicted octanol–water partition coefficient (Wildman–Crippen LogP) is 1.04. The third kappa shape index (κ3) is 7.03. The number of hydrogen-bond donors (Lipinski definition) is 0. The monoisotopic (exact) mass is 372 g/mol. The van der Waals surface area contributed by atoms with E-state index < -0.39 is 26.2 Å². The maximum Gasteiger partial charge on any atom is 0.600 e. The Kier molecular flexibility index (Phi) is 7.25. The first-order valence-electron chi connectivity index (χ1n) is 6.76. The van der Waals surface area contributed by atoms with Crippen molar-refractivity contribution in [1.29, 1.82) is 0 Å². The normalized spacial score (nSPS) is 13.0. The van der Waals surface area contributed by atoms with Crippen LogP contribution < -0.4 is 18.6 Å². The molecule has 0 saturated heterocycles. The maximum atomic E-state index is 13.2. The summed E-state index contributed by atoms with van der Waals surface area (Å²) in [6, 6.07) is 8.60. The number of fused-ring (bicyclic) bond motifs is 1. The summed E-state index contributed by atoms with van der Waals surface area (Å²) in [5.74, 6) is 0. The van der Waals surface area contributed by atoms with Crippen LogP contribution in [0.4, 0.5) is 13.2 Å². The fraction of sp³-hybridized carbons (Fsp3) is 0.429. The Hall–Kier alpha value is -0.900. The van der Waals surface area contributed by atoms with Crippen molar-refractivity contribution in [2.24, 2.45) is 0 Å². The third-order valence-corrected chi connectivity index (χ3v) is 5.10. The second-order valence-corrected chi connectivity index (χ2v) is 7.53. The smallest absolute Gasteiger partial charge is 0.222 e. The fourth-order valence-electron chi connectivity index (χ4n) is 2.16. The Bertz CT molecular complexity index is 616. The van der Waals surface area contributed by atoms with Gasteiger partial charge < -0.3 is 0 Å². The zero-order valence-electron chi connectivity index (χ0n) is 12.3. The van der Waals surface area contributed by atoms with E-state index in [0.717, 1.165) is 24.6 Å². The van der Waals surface area contributed by atoms with Crippen LogP contribution in [0, 0.1) is 10.2 Å². The summed E-state index contributed by atoms with van der Waals surface area (Å²) in [6.45, 7) is 2.06. The Morgan fingerprint density at radius 2 is 1.61 bits per heavy atom. The van der Waals surface area contributed by atoms with E-state index in [1.807, 2.05) is 0 Å². The highest BCUT2D eigenvalue weighted by Gasteiger charge is 2.47. The molecular weight excluding hydrogens is 357 g/mol. The molecule has 0 fully saturated rings. The van der Waals surface area contributed by atoms with Gasteiger partial charge in [0, 0.05) is 17.9 Å². The second kappa shape index (κ2) is 8.27. The first kappa shape index (κ1) is 20.1. The van der Waals surface area contributed by atoms with Crippen LogP contribution in [-0.4, -0.2) is 0 Å². The average molecular weight is 373 g/mol. The average Bonchev–Trinajstić information content (AvgIpc) is 2.75. The molecule has 130 valence electrons. The van der Waals surface area contributed by atoms with Gasteiger partial charge in [0.25, 0.3) is 0 Å². The van der Waals surface area contributed by atoms with Gasteiger partial charge in [0.2, 0.25) is 0 Å². The summed E-state index contributed by atoms with van der Waals surface area (Å²) in [7, 11) is -6.64. The van der Waals surface area contributed by atoms with Crippen molar-refractivity contribution in [3.63, 3.8) is 0 Å².